The van der Waals surface area contributed by atoms with E-state index in [0.29, 0.717) is 5.02 Å². The third kappa shape index (κ3) is 3.87. The quantitative estimate of drug-likeness (QED) is 0.607. The predicted molar refractivity (Wildman–Crippen MR) is 59.1 cm³/mol. The van der Waals surface area contributed by atoms with E-state index in [-0.39, 0.29) is 5.56 Å². The van der Waals surface area contributed by atoms with Crippen molar-refractivity contribution in [2.24, 2.45) is 0 Å². The molecule has 1 aromatic rings. The first-order chi connectivity index (χ1) is 6.94. The van der Waals surface area contributed by atoms with E-state index >= 15 is 0 Å². The van der Waals surface area contributed by atoms with Crippen LogP contribution in [0.2, 0.25) is 5.02 Å². The number of rotatable bonds is 4. The molecule has 0 aliphatic heterocycles. The maximum atomic E-state index is 12.9. The van der Waals surface area contributed by atoms with Crippen LogP contribution in [-0.4, -0.2) is 17.0 Å². The Morgan fingerprint density at radius 3 is 2.33 bits per heavy atom. The van der Waals surface area contributed by atoms with Gasteiger partial charge in [0.05, 0.1) is 11.8 Å². The van der Waals surface area contributed by atoms with Crippen molar-refractivity contribution in [1.82, 2.24) is 0 Å². The lowest BCUT2D eigenvalue weighted by Gasteiger charge is -2.11. The highest BCUT2D eigenvalue weighted by molar-refractivity contribution is 9.09. The number of Topliss-reactive ketones (excluding diaryl/α,β-unsaturated/α-hetero) is 1. The SMILES string of the molecule is O=C(CC(F)(F)CBr)c1ccc(Cl)cc1. The van der Waals surface area contributed by atoms with Crippen molar-refractivity contribution in [3.05, 3.63) is 34.9 Å². The number of hydrogen-bond donors (Lipinski definition) is 0. The zero-order valence-electron chi connectivity index (χ0n) is 7.64. The largest absolute Gasteiger partial charge is 0.294 e. The summed E-state index contributed by atoms with van der Waals surface area (Å²) >= 11 is 8.27. The summed E-state index contributed by atoms with van der Waals surface area (Å²) < 4.78 is 25.7. The Labute approximate surface area is 99.6 Å². The zero-order valence-corrected chi connectivity index (χ0v) is 9.99. The van der Waals surface area contributed by atoms with Crippen molar-refractivity contribution in [2.75, 3.05) is 5.33 Å². The van der Waals surface area contributed by atoms with E-state index in [9.17, 15) is 13.6 Å². The lowest BCUT2D eigenvalue weighted by Crippen LogP contribution is -2.22. The van der Waals surface area contributed by atoms with E-state index < -0.39 is 23.5 Å². The van der Waals surface area contributed by atoms with Gasteiger partial charge in [-0.05, 0) is 24.3 Å². The number of ketones is 1. The lowest BCUT2D eigenvalue weighted by molar-refractivity contribution is 0.0212. The number of hydrogen-bond acceptors (Lipinski definition) is 1. The standard InChI is InChI=1S/C10H8BrClF2O/c11-6-10(13,14)5-9(15)7-1-3-8(12)4-2-7/h1-4H,5-6H2. The molecule has 1 rings (SSSR count). The summed E-state index contributed by atoms with van der Waals surface area (Å²) in [4.78, 5) is 11.4. The second kappa shape index (κ2) is 5.03. The normalized spacial score (nSPS) is 11.5. The molecule has 1 aromatic carbocycles. The fourth-order valence-corrected chi connectivity index (χ4v) is 1.34. The van der Waals surface area contributed by atoms with Crippen LogP contribution in [0.25, 0.3) is 0 Å². The Morgan fingerprint density at radius 2 is 1.87 bits per heavy atom. The first-order valence-electron chi connectivity index (χ1n) is 4.17. The van der Waals surface area contributed by atoms with Gasteiger partial charge in [-0.1, -0.05) is 27.5 Å². The van der Waals surface area contributed by atoms with Crippen molar-refractivity contribution in [3.8, 4) is 0 Å². The second-order valence-electron chi connectivity index (χ2n) is 3.10. The minimum atomic E-state index is -3.00. The molecule has 5 heteroatoms. The van der Waals surface area contributed by atoms with Gasteiger partial charge in [-0.15, -0.1) is 0 Å². The summed E-state index contributed by atoms with van der Waals surface area (Å²) in [6.07, 6.45) is -0.792. The number of alkyl halides is 3. The van der Waals surface area contributed by atoms with Crippen molar-refractivity contribution < 1.29 is 13.6 Å². The minimum Gasteiger partial charge on any atom is -0.294 e. The Bertz CT molecular complexity index is 351. The minimum absolute atomic E-state index is 0.250. The summed E-state index contributed by atoms with van der Waals surface area (Å²) in [6.45, 7) is 0. The molecule has 0 bridgehead atoms. The van der Waals surface area contributed by atoms with Gasteiger partial charge in [-0.25, -0.2) is 8.78 Å². The zero-order chi connectivity index (χ0) is 11.5. The monoisotopic (exact) mass is 296 g/mol. The molecule has 0 aliphatic rings. The molecule has 0 radical (unpaired) electrons. The summed E-state index contributed by atoms with van der Waals surface area (Å²) in [6, 6.07) is 5.88. The van der Waals surface area contributed by atoms with E-state index in [2.05, 4.69) is 15.9 Å². The summed E-state index contributed by atoms with van der Waals surface area (Å²) in [5.74, 6) is -3.59. The van der Waals surface area contributed by atoms with Gasteiger partial charge in [-0.2, -0.15) is 0 Å². The van der Waals surface area contributed by atoms with Crippen LogP contribution in [0.4, 0.5) is 8.78 Å². The predicted octanol–water partition coefficient (Wildman–Crippen LogP) is 3.94. The third-order valence-electron chi connectivity index (χ3n) is 1.78. The fourth-order valence-electron chi connectivity index (χ4n) is 1.02. The Kier molecular flexibility index (Phi) is 4.22. The first-order valence-corrected chi connectivity index (χ1v) is 5.67. The summed E-state index contributed by atoms with van der Waals surface area (Å²) in [5, 5.41) is -0.0434. The highest BCUT2D eigenvalue weighted by Gasteiger charge is 2.30. The van der Waals surface area contributed by atoms with Crippen LogP contribution in [0.5, 0.6) is 0 Å². The molecule has 0 saturated heterocycles. The van der Waals surface area contributed by atoms with E-state index in [1.165, 1.54) is 24.3 Å². The molecule has 0 saturated carbocycles. The van der Waals surface area contributed by atoms with Crippen LogP contribution in [0.1, 0.15) is 16.8 Å². The highest BCUT2D eigenvalue weighted by Crippen LogP contribution is 2.23. The maximum Gasteiger partial charge on any atom is 0.264 e. The Hall–Kier alpha value is -0.480. The summed E-state index contributed by atoms with van der Waals surface area (Å²) in [7, 11) is 0. The number of carbonyl (C=O) groups is 1. The number of halogens is 4. The van der Waals surface area contributed by atoms with Gasteiger partial charge < -0.3 is 0 Å². The van der Waals surface area contributed by atoms with E-state index in [1.54, 1.807) is 0 Å². The smallest absolute Gasteiger partial charge is 0.264 e. The summed E-state index contributed by atoms with van der Waals surface area (Å²) in [5.41, 5.74) is 0.250. The average molecular weight is 298 g/mol. The lowest BCUT2D eigenvalue weighted by atomic mass is 10.1. The molecule has 0 spiro atoms. The van der Waals surface area contributed by atoms with Crippen LogP contribution in [0.15, 0.2) is 24.3 Å². The second-order valence-corrected chi connectivity index (χ2v) is 4.09. The topological polar surface area (TPSA) is 17.1 Å². The molecular formula is C10H8BrClF2O. The van der Waals surface area contributed by atoms with Gasteiger partial charge in [0.25, 0.3) is 5.92 Å². The molecule has 0 unspecified atom stereocenters. The van der Waals surface area contributed by atoms with Crippen molar-refractivity contribution in [1.29, 1.82) is 0 Å². The van der Waals surface area contributed by atoms with Crippen LogP contribution >= 0.6 is 27.5 Å². The molecule has 0 aromatic heterocycles. The number of benzene rings is 1. The van der Waals surface area contributed by atoms with E-state index in [4.69, 9.17) is 11.6 Å². The molecule has 15 heavy (non-hydrogen) atoms. The maximum absolute atomic E-state index is 12.9. The van der Waals surface area contributed by atoms with Crippen molar-refractivity contribution >= 4 is 33.3 Å². The third-order valence-corrected chi connectivity index (χ3v) is 2.85. The van der Waals surface area contributed by atoms with Crippen LogP contribution < -0.4 is 0 Å². The molecule has 0 fully saturated rings. The van der Waals surface area contributed by atoms with Crippen molar-refractivity contribution in [3.63, 3.8) is 0 Å². The molecule has 0 aliphatic carbocycles. The van der Waals surface area contributed by atoms with Gasteiger partial charge in [-0.3, -0.25) is 4.79 Å². The molecule has 0 atom stereocenters. The van der Waals surface area contributed by atoms with E-state index in [1.807, 2.05) is 0 Å². The molecular weight excluding hydrogens is 289 g/mol. The van der Waals surface area contributed by atoms with Gasteiger partial charge in [0.15, 0.2) is 5.78 Å². The van der Waals surface area contributed by atoms with Crippen LogP contribution in [0, 0.1) is 0 Å². The van der Waals surface area contributed by atoms with Gasteiger partial charge in [0.1, 0.15) is 0 Å². The van der Waals surface area contributed by atoms with Gasteiger partial charge >= 0.3 is 0 Å². The first kappa shape index (κ1) is 12.6. The fraction of sp³-hybridized carbons (Fsp3) is 0.300. The molecule has 82 valence electrons. The molecule has 0 amide bonds. The Balaban J connectivity index is 2.74. The van der Waals surface area contributed by atoms with Gasteiger partial charge in [0, 0.05) is 10.6 Å². The van der Waals surface area contributed by atoms with Gasteiger partial charge in [0.2, 0.25) is 0 Å². The Morgan fingerprint density at radius 1 is 1.33 bits per heavy atom. The molecule has 1 nitrogen and oxygen atoms in total. The molecule has 0 heterocycles. The van der Waals surface area contributed by atoms with E-state index in [0.717, 1.165) is 0 Å². The highest BCUT2D eigenvalue weighted by atomic mass is 79.9. The number of carbonyl (C=O) groups excluding carboxylic acids is 1. The molecule has 0 N–H and O–H groups in total. The van der Waals surface area contributed by atoms with Crippen LogP contribution in [0.3, 0.4) is 0 Å². The van der Waals surface area contributed by atoms with Crippen LogP contribution in [-0.2, 0) is 0 Å². The average Bonchev–Trinajstić information content (AvgIpc) is 2.18. The van der Waals surface area contributed by atoms with Crippen molar-refractivity contribution in [2.45, 2.75) is 12.3 Å².